The van der Waals surface area contributed by atoms with E-state index in [4.69, 9.17) is 16.3 Å². The molecule has 1 aliphatic rings. The normalized spacial score (nSPS) is 13.2. The molecule has 5 aromatic rings. The first-order valence-electron chi connectivity index (χ1n) is 15.2. The molecule has 9 heteroatoms. The largest absolute Gasteiger partial charge is 0.456 e. The fourth-order valence-electron chi connectivity index (χ4n) is 5.57. The Morgan fingerprint density at radius 1 is 0.867 bits per heavy atom. The number of nitrogens with zero attached hydrogens (tertiary/aromatic N) is 2. The highest BCUT2D eigenvalue weighted by molar-refractivity contribution is 6.32. The minimum Gasteiger partial charge on any atom is -0.456 e. The highest BCUT2D eigenvalue weighted by atomic mass is 35.5. The van der Waals surface area contributed by atoms with Gasteiger partial charge in [0.2, 0.25) is 0 Å². The van der Waals surface area contributed by atoms with Gasteiger partial charge in [-0.1, -0.05) is 29.8 Å². The number of carbonyl (C=O) groups is 2. The van der Waals surface area contributed by atoms with E-state index in [1.54, 1.807) is 42.5 Å². The maximum absolute atomic E-state index is 13.1. The molecule has 0 bridgehead atoms. The van der Waals surface area contributed by atoms with Crippen LogP contribution >= 0.6 is 11.6 Å². The third-order valence-corrected chi connectivity index (χ3v) is 8.04. The van der Waals surface area contributed by atoms with Gasteiger partial charge < -0.3 is 25.3 Å². The highest BCUT2D eigenvalue weighted by Gasteiger charge is 2.17. The van der Waals surface area contributed by atoms with Crippen molar-refractivity contribution in [3.63, 3.8) is 0 Å². The lowest BCUT2D eigenvalue weighted by atomic mass is 10.1. The van der Waals surface area contributed by atoms with Crippen LogP contribution in [0.4, 0.5) is 16.2 Å². The van der Waals surface area contributed by atoms with Gasteiger partial charge in [0.15, 0.2) is 0 Å². The molecule has 0 spiro atoms. The molecule has 0 saturated carbocycles. The predicted molar refractivity (Wildman–Crippen MR) is 181 cm³/mol. The van der Waals surface area contributed by atoms with Gasteiger partial charge in [0.05, 0.1) is 10.5 Å². The Hall–Kier alpha value is -4.79. The summed E-state index contributed by atoms with van der Waals surface area (Å²) in [6.07, 6.45) is 4.76. The van der Waals surface area contributed by atoms with Crippen LogP contribution in [0, 0.1) is 0 Å². The molecule has 1 aliphatic heterocycles. The summed E-state index contributed by atoms with van der Waals surface area (Å²) >= 11 is 6.39. The zero-order valence-electron chi connectivity index (χ0n) is 25.3. The molecule has 0 unspecified atom stereocenters. The number of aromatic nitrogens is 1. The maximum Gasteiger partial charge on any atom is 0.319 e. The van der Waals surface area contributed by atoms with Crippen molar-refractivity contribution in [2.45, 2.75) is 39.3 Å². The van der Waals surface area contributed by atoms with Gasteiger partial charge in [0.1, 0.15) is 11.5 Å². The van der Waals surface area contributed by atoms with Crippen molar-refractivity contribution < 1.29 is 14.3 Å². The number of anilines is 2. The van der Waals surface area contributed by atoms with Crippen LogP contribution in [0.2, 0.25) is 5.02 Å². The number of hydrogen-bond donors (Lipinski definition) is 3. The molecule has 230 valence electrons. The number of likely N-dealkylation sites (tertiary alicyclic amines) is 1. The van der Waals surface area contributed by atoms with Crippen LogP contribution in [0.5, 0.6) is 11.5 Å². The van der Waals surface area contributed by atoms with Crippen LogP contribution in [-0.2, 0) is 6.54 Å². The van der Waals surface area contributed by atoms with Gasteiger partial charge in [-0.15, -0.1) is 0 Å². The summed E-state index contributed by atoms with van der Waals surface area (Å²) < 4.78 is 8.13. The number of nitrogens with one attached hydrogen (secondary N) is 3. The van der Waals surface area contributed by atoms with Gasteiger partial charge in [-0.05, 0) is 118 Å². The van der Waals surface area contributed by atoms with E-state index in [-0.39, 0.29) is 18.0 Å². The molecule has 6 rings (SSSR count). The van der Waals surface area contributed by atoms with E-state index < -0.39 is 0 Å². The summed E-state index contributed by atoms with van der Waals surface area (Å²) in [6.45, 7) is 7.02. The molecule has 3 N–H and O–H groups in total. The average Bonchev–Trinajstić information content (AvgIpc) is 3.67. The number of benzene rings is 4. The molecular weight excluding hydrogens is 586 g/mol. The lowest BCUT2D eigenvalue weighted by Crippen LogP contribution is -2.34. The van der Waals surface area contributed by atoms with E-state index in [0.29, 0.717) is 33.5 Å². The van der Waals surface area contributed by atoms with Gasteiger partial charge in [0.25, 0.3) is 5.91 Å². The molecule has 0 radical (unpaired) electrons. The zero-order chi connectivity index (χ0) is 31.3. The number of urea groups is 1. The van der Waals surface area contributed by atoms with Crippen molar-refractivity contribution in [2.75, 3.05) is 23.7 Å². The summed E-state index contributed by atoms with van der Waals surface area (Å²) in [5.74, 6) is 0.803. The van der Waals surface area contributed by atoms with E-state index in [2.05, 4.69) is 55.9 Å². The summed E-state index contributed by atoms with van der Waals surface area (Å²) in [5, 5.41) is 10.1. The molecule has 1 fully saturated rings. The van der Waals surface area contributed by atoms with Gasteiger partial charge in [0, 0.05) is 46.8 Å². The summed E-state index contributed by atoms with van der Waals surface area (Å²) in [5.41, 5.74) is 5.26. The molecular formula is C36H36ClN5O3. The zero-order valence-corrected chi connectivity index (χ0v) is 26.1. The van der Waals surface area contributed by atoms with Crippen LogP contribution in [0.1, 0.15) is 42.6 Å². The van der Waals surface area contributed by atoms with Crippen molar-refractivity contribution >= 4 is 45.8 Å². The summed E-state index contributed by atoms with van der Waals surface area (Å²) in [7, 11) is 0. The van der Waals surface area contributed by atoms with Crippen molar-refractivity contribution in [3.05, 3.63) is 113 Å². The number of ether oxygens (including phenoxy) is 1. The van der Waals surface area contributed by atoms with E-state index in [9.17, 15) is 9.59 Å². The van der Waals surface area contributed by atoms with Gasteiger partial charge in [-0.3, -0.25) is 9.69 Å². The number of rotatable bonds is 9. The predicted octanol–water partition coefficient (Wildman–Crippen LogP) is 8.45. The van der Waals surface area contributed by atoms with E-state index >= 15 is 0 Å². The first-order valence-corrected chi connectivity index (χ1v) is 15.6. The Morgan fingerprint density at radius 2 is 1.58 bits per heavy atom. The second kappa shape index (κ2) is 13.5. The molecule has 0 aliphatic carbocycles. The number of hydrogen-bond acceptors (Lipinski definition) is 4. The van der Waals surface area contributed by atoms with Gasteiger partial charge >= 0.3 is 6.03 Å². The van der Waals surface area contributed by atoms with Crippen molar-refractivity contribution in [1.82, 2.24) is 14.8 Å². The number of halogens is 1. The lowest BCUT2D eigenvalue weighted by Gasteiger charge is -2.13. The minimum absolute atomic E-state index is 0.0191. The van der Waals surface area contributed by atoms with Crippen LogP contribution in [0.25, 0.3) is 16.6 Å². The van der Waals surface area contributed by atoms with E-state index in [1.165, 1.54) is 23.8 Å². The smallest absolute Gasteiger partial charge is 0.319 e. The molecule has 4 aromatic carbocycles. The maximum atomic E-state index is 13.1. The van der Waals surface area contributed by atoms with Crippen LogP contribution in [-0.4, -0.2) is 40.5 Å². The number of fused-ring (bicyclic) bond motifs is 1. The summed E-state index contributed by atoms with van der Waals surface area (Å²) in [6, 6.07) is 28.0. The molecule has 1 saturated heterocycles. The molecule has 3 amide bonds. The first-order chi connectivity index (χ1) is 21.8. The molecule has 1 aromatic heterocycles. The molecule has 2 heterocycles. The second-order valence-corrected chi connectivity index (χ2v) is 12.0. The minimum atomic E-state index is -0.306. The molecule has 8 nitrogen and oxygen atoms in total. The lowest BCUT2D eigenvalue weighted by molar-refractivity contribution is 0.102. The third kappa shape index (κ3) is 7.30. The van der Waals surface area contributed by atoms with E-state index in [1.807, 2.05) is 38.1 Å². The van der Waals surface area contributed by atoms with Crippen LogP contribution < -0.4 is 20.7 Å². The van der Waals surface area contributed by atoms with E-state index in [0.717, 1.165) is 30.8 Å². The van der Waals surface area contributed by atoms with Crippen LogP contribution in [0.3, 0.4) is 0 Å². The van der Waals surface area contributed by atoms with Crippen molar-refractivity contribution in [2.24, 2.45) is 0 Å². The topological polar surface area (TPSA) is 87.6 Å². The Bertz CT molecular complexity index is 1810. The third-order valence-electron chi connectivity index (χ3n) is 7.74. The fraction of sp³-hybridized carbons (Fsp3) is 0.222. The van der Waals surface area contributed by atoms with Gasteiger partial charge in [-0.25, -0.2) is 4.79 Å². The fourth-order valence-corrected chi connectivity index (χ4v) is 5.79. The monoisotopic (exact) mass is 621 g/mol. The summed E-state index contributed by atoms with van der Waals surface area (Å²) in [4.78, 5) is 27.5. The van der Waals surface area contributed by atoms with Crippen molar-refractivity contribution in [3.8, 4) is 17.2 Å². The molecule has 0 atom stereocenters. The highest BCUT2D eigenvalue weighted by Crippen LogP contribution is 2.32. The Morgan fingerprint density at radius 3 is 2.29 bits per heavy atom. The SMILES string of the molecule is CC(C)NC(=O)Nc1ccc(Oc2ccc(NC(=O)c3ccc(-n4cc(CN5CCCC5)c5ccccc54)cc3)cc2)c(Cl)c1. The molecule has 45 heavy (non-hydrogen) atoms. The second-order valence-electron chi connectivity index (χ2n) is 11.6. The van der Waals surface area contributed by atoms with Crippen molar-refractivity contribution in [1.29, 1.82) is 0 Å². The Labute approximate surface area is 267 Å². The average molecular weight is 622 g/mol. The first kappa shape index (κ1) is 30.2. The Balaban J connectivity index is 1.08. The quantitative estimate of drug-likeness (QED) is 0.154. The number of carbonyl (C=O) groups excluding carboxylic acids is 2. The number of para-hydroxylation sites is 1. The van der Waals surface area contributed by atoms with Crippen LogP contribution in [0.15, 0.2) is 97.2 Å². The standard InChI is InChI=1S/C36H36ClN5O3/c1-24(2)38-36(44)40-28-13-18-34(32(37)21-28)45-30-16-11-27(12-17-30)39-35(43)25-9-14-29(15-10-25)42-23-26(22-41-19-5-6-20-41)31-7-3-4-8-33(31)42/h3-4,7-18,21,23-24H,5-6,19-20,22H2,1-2H3,(H,39,43)(H2,38,40,44). The van der Waals surface area contributed by atoms with Gasteiger partial charge in [-0.2, -0.15) is 0 Å². The Kier molecular flexibility index (Phi) is 9.05. The number of amides is 3.